The molecule has 0 bridgehead atoms. The van der Waals surface area contributed by atoms with Crippen LogP contribution in [-0.4, -0.2) is 0 Å². The molecule has 186 valence electrons. The maximum Gasteiger partial charge on any atom is 0.0636 e. The Labute approximate surface area is 245 Å². The molecule has 0 saturated carbocycles. The predicted molar refractivity (Wildman–Crippen MR) is 173 cm³/mol. The van der Waals surface area contributed by atoms with E-state index >= 15 is 0 Å². The van der Waals surface area contributed by atoms with Crippen LogP contribution in [0, 0.1) is 0 Å². The summed E-state index contributed by atoms with van der Waals surface area (Å²) in [7, 11) is 0. The topological polar surface area (TPSA) is 0 Å². The number of rotatable bonds is 3. The second-order valence-corrected chi connectivity index (χ2v) is 9.85. The van der Waals surface area contributed by atoms with Crippen molar-refractivity contribution in [3.05, 3.63) is 158 Å². The summed E-state index contributed by atoms with van der Waals surface area (Å²) in [6.07, 6.45) is 0. The quantitative estimate of drug-likeness (QED) is 0.162. The zero-order valence-electron chi connectivity index (χ0n) is 29.4. The molecule has 0 atom stereocenters. The minimum Gasteiger partial charge on any atom is -0.0622 e. The standard InChI is InChI=1S/C40H26/c1-2-13-28(14-3-1)39-32-18-7-5-15-29(32)26-30-16-10-23-38(40(30)39)36-20-9-8-19-34(36)35-22-11-21-33-31-17-6-4-12-27(31)24-25-37(33)35/h1-26H/i5D,7D,10D,15D,16D,18D,23D,26D. The summed E-state index contributed by atoms with van der Waals surface area (Å²) >= 11 is 0. The van der Waals surface area contributed by atoms with E-state index < -0.39 is 12.1 Å². The van der Waals surface area contributed by atoms with Crippen molar-refractivity contribution >= 4 is 43.1 Å². The lowest BCUT2D eigenvalue weighted by Gasteiger charge is -2.19. The Kier molecular flexibility index (Phi) is 3.70. The fourth-order valence-corrected chi connectivity index (χ4v) is 5.90. The van der Waals surface area contributed by atoms with E-state index in [2.05, 4.69) is 30.3 Å². The lowest BCUT2D eigenvalue weighted by molar-refractivity contribution is 1.62. The molecule has 0 spiro atoms. The Bertz CT molecular complexity index is 2650. The number of hydrogen-bond donors (Lipinski definition) is 0. The van der Waals surface area contributed by atoms with E-state index in [1.165, 1.54) is 0 Å². The first-order valence-corrected chi connectivity index (χ1v) is 13.2. The molecule has 0 N–H and O–H groups in total. The highest BCUT2D eigenvalue weighted by Crippen LogP contribution is 2.45. The monoisotopic (exact) mass is 514 g/mol. The highest BCUT2D eigenvalue weighted by Gasteiger charge is 2.17. The Hall–Kier alpha value is -5.20. The molecule has 0 aliphatic rings. The Morgan fingerprint density at radius 3 is 1.98 bits per heavy atom. The van der Waals surface area contributed by atoms with Gasteiger partial charge in [0.2, 0.25) is 0 Å². The van der Waals surface area contributed by atoms with Crippen molar-refractivity contribution in [2.45, 2.75) is 0 Å². The van der Waals surface area contributed by atoms with Gasteiger partial charge in [0.05, 0.1) is 11.0 Å². The second kappa shape index (κ2) is 9.22. The van der Waals surface area contributed by atoms with Gasteiger partial charge in [0.15, 0.2) is 0 Å². The van der Waals surface area contributed by atoms with Gasteiger partial charge in [-0.2, -0.15) is 0 Å². The number of benzene rings is 8. The first-order valence-electron chi connectivity index (χ1n) is 17.2. The molecule has 8 rings (SSSR count). The molecule has 8 aromatic carbocycles. The van der Waals surface area contributed by atoms with E-state index in [0.717, 1.165) is 32.7 Å². The summed E-state index contributed by atoms with van der Waals surface area (Å²) in [5.74, 6) is 0. The molecule has 40 heavy (non-hydrogen) atoms. The summed E-state index contributed by atoms with van der Waals surface area (Å²) in [6.45, 7) is 0. The summed E-state index contributed by atoms with van der Waals surface area (Å²) in [5.41, 5.74) is 3.69. The zero-order valence-corrected chi connectivity index (χ0v) is 21.4. The minimum atomic E-state index is -0.469. The largest absolute Gasteiger partial charge is 0.0636 e. The van der Waals surface area contributed by atoms with Crippen molar-refractivity contribution in [3.8, 4) is 33.4 Å². The van der Waals surface area contributed by atoms with E-state index in [1.54, 1.807) is 0 Å². The predicted octanol–water partition coefficient (Wildman–Crippen LogP) is 11.3. The lowest BCUT2D eigenvalue weighted by Crippen LogP contribution is -1.92. The van der Waals surface area contributed by atoms with Gasteiger partial charge >= 0.3 is 0 Å². The van der Waals surface area contributed by atoms with Gasteiger partial charge in [-0.25, -0.2) is 0 Å². The molecule has 0 nitrogen and oxygen atoms in total. The van der Waals surface area contributed by atoms with Crippen molar-refractivity contribution in [3.63, 3.8) is 0 Å². The van der Waals surface area contributed by atoms with Crippen LogP contribution in [0.3, 0.4) is 0 Å². The van der Waals surface area contributed by atoms with Gasteiger partial charge in [0.1, 0.15) is 0 Å². The molecular formula is C40H26. The highest BCUT2D eigenvalue weighted by molar-refractivity contribution is 6.19. The number of fused-ring (bicyclic) bond motifs is 5. The first kappa shape index (κ1) is 16.0. The molecule has 0 heteroatoms. The smallest absolute Gasteiger partial charge is 0.0622 e. The molecule has 0 fully saturated rings. The molecule has 0 heterocycles. The van der Waals surface area contributed by atoms with E-state index in [9.17, 15) is 2.74 Å². The molecule has 0 aliphatic heterocycles. The van der Waals surface area contributed by atoms with Crippen LogP contribution in [0.4, 0.5) is 0 Å². The van der Waals surface area contributed by atoms with E-state index in [-0.39, 0.29) is 52.4 Å². The van der Waals surface area contributed by atoms with Gasteiger partial charge in [-0.05, 0) is 82.5 Å². The van der Waals surface area contributed by atoms with E-state index in [1.807, 2.05) is 78.9 Å². The maximum absolute atomic E-state index is 9.38. The summed E-state index contributed by atoms with van der Waals surface area (Å²) < 4.78 is 71.6. The Balaban J connectivity index is 1.60. The molecule has 0 aliphatic carbocycles. The average Bonchev–Trinajstić information content (AvgIpc) is 3.12. The van der Waals surface area contributed by atoms with Gasteiger partial charge in [-0.1, -0.05) is 151 Å². The molecule has 0 unspecified atom stereocenters. The van der Waals surface area contributed by atoms with Crippen LogP contribution in [0.2, 0.25) is 0 Å². The second-order valence-electron chi connectivity index (χ2n) is 9.85. The fraction of sp³-hybridized carbons (Fsp3) is 0. The van der Waals surface area contributed by atoms with Crippen molar-refractivity contribution in [2.75, 3.05) is 0 Å². The van der Waals surface area contributed by atoms with Gasteiger partial charge < -0.3 is 0 Å². The van der Waals surface area contributed by atoms with Gasteiger partial charge in [-0.3, -0.25) is 0 Å². The summed E-state index contributed by atoms with van der Waals surface area (Å²) in [5, 5.41) is 4.85. The van der Waals surface area contributed by atoms with Crippen molar-refractivity contribution in [1.29, 1.82) is 0 Å². The van der Waals surface area contributed by atoms with Crippen LogP contribution in [0.1, 0.15) is 11.0 Å². The van der Waals surface area contributed by atoms with Gasteiger partial charge in [0, 0.05) is 0 Å². The van der Waals surface area contributed by atoms with Crippen LogP contribution in [-0.2, 0) is 0 Å². The van der Waals surface area contributed by atoms with Crippen LogP contribution in [0.15, 0.2) is 158 Å². The molecule has 0 aromatic heterocycles. The van der Waals surface area contributed by atoms with Gasteiger partial charge in [-0.15, -0.1) is 0 Å². The highest BCUT2D eigenvalue weighted by atomic mass is 14.2. The molecule has 8 aromatic rings. The third-order valence-corrected chi connectivity index (χ3v) is 7.65. The first-order chi connectivity index (χ1) is 23.2. The van der Waals surface area contributed by atoms with Crippen molar-refractivity contribution < 1.29 is 11.0 Å². The van der Waals surface area contributed by atoms with Crippen molar-refractivity contribution in [2.24, 2.45) is 0 Å². The summed E-state index contributed by atoms with van der Waals surface area (Å²) in [6, 6.07) is 32.6. The maximum atomic E-state index is 9.38. The van der Waals surface area contributed by atoms with Crippen molar-refractivity contribution in [1.82, 2.24) is 0 Å². The minimum absolute atomic E-state index is 0.0156. The SMILES string of the molecule is [2H]c1c([2H])c([2H])c2c(-c3ccccc3)c3c(-c4ccccc4-c4cccc5c4ccc4ccccc45)c([2H])c([2H])c([2H])c3c([2H])c2c1[2H]. The Morgan fingerprint density at radius 2 is 1.07 bits per heavy atom. The van der Waals surface area contributed by atoms with Gasteiger partial charge in [0.25, 0.3) is 0 Å². The third-order valence-electron chi connectivity index (χ3n) is 7.65. The Morgan fingerprint density at radius 1 is 0.375 bits per heavy atom. The zero-order chi connectivity index (χ0) is 33.4. The summed E-state index contributed by atoms with van der Waals surface area (Å²) in [4.78, 5) is 0. The molecule has 0 radical (unpaired) electrons. The van der Waals surface area contributed by atoms with Crippen LogP contribution in [0.25, 0.3) is 76.5 Å². The number of hydrogen-bond acceptors (Lipinski definition) is 0. The van der Waals surface area contributed by atoms with E-state index in [4.69, 9.17) is 8.22 Å². The molecular weight excluding hydrogens is 480 g/mol. The third kappa shape index (κ3) is 3.54. The lowest BCUT2D eigenvalue weighted by atomic mass is 9.85. The average molecular weight is 515 g/mol. The van der Waals surface area contributed by atoms with Crippen LogP contribution < -0.4 is 0 Å². The molecule has 0 saturated heterocycles. The normalized spacial score (nSPS) is 14.3. The van der Waals surface area contributed by atoms with Crippen LogP contribution >= 0.6 is 0 Å². The van der Waals surface area contributed by atoms with E-state index in [0.29, 0.717) is 27.6 Å². The van der Waals surface area contributed by atoms with Crippen LogP contribution in [0.5, 0.6) is 0 Å². The molecule has 0 amide bonds. The fourth-order valence-electron chi connectivity index (χ4n) is 5.90.